The van der Waals surface area contributed by atoms with Crippen LogP contribution < -0.4 is 0 Å². The zero-order valence-electron chi connectivity index (χ0n) is 10.6. The number of carbonyl (C=O) groups is 1. The molecule has 0 saturated heterocycles. The summed E-state index contributed by atoms with van der Waals surface area (Å²) in [5, 5.41) is 56.8. The molecule has 6 N–H and O–H groups in total. The number of aromatic hydroxyl groups is 6. The van der Waals surface area contributed by atoms with Crippen molar-refractivity contribution in [2.45, 2.75) is 0 Å². The summed E-state index contributed by atoms with van der Waals surface area (Å²) in [7, 11) is 0. The molecular formula is C13H10BiCuO7. The number of phenols is 6. The van der Waals surface area contributed by atoms with E-state index < -0.39 is 45.8 Å². The number of rotatable bonds is 2. The predicted molar refractivity (Wildman–Crippen MR) is 72.1 cm³/mol. The van der Waals surface area contributed by atoms with E-state index >= 15 is 0 Å². The third-order valence-electron chi connectivity index (χ3n) is 2.75. The third-order valence-corrected chi connectivity index (χ3v) is 2.75. The molecule has 0 unspecified atom stereocenters. The average molecular weight is 551 g/mol. The van der Waals surface area contributed by atoms with Gasteiger partial charge in [0.15, 0.2) is 11.5 Å². The molecule has 0 aliphatic rings. The molecule has 22 heavy (non-hydrogen) atoms. The molecule has 0 bridgehead atoms. The molecule has 0 aliphatic carbocycles. The van der Waals surface area contributed by atoms with Crippen molar-refractivity contribution in [3.63, 3.8) is 0 Å². The van der Waals surface area contributed by atoms with Crippen molar-refractivity contribution in [2.24, 2.45) is 0 Å². The molecule has 0 aliphatic heterocycles. The second-order valence-electron chi connectivity index (χ2n) is 3.96. The van der Waals surface area contributed by atoms with Crippen LogP contribution in [-0.2, 0) is 17.1 Å². The zero-order valence-corrected chi connectivity index (χ0v) is 15.1. The van der Waals surface area contributed by atoms with Crippen LogP contribution in [0.5, 0.6) is 34.5 Å². The van der Waals surface area contributed by atoms with Gasteiger partial charge in [-0.3, -0.25) is 4.79 Å². The normalized spacial score (nSPS) is 9.45. The predicted octanol–water partition coefficient (Wildman–Crippen LogP) is 0.768. The van der Waals surface area contributed by atoms with Gasteiger partial charge in [0.1, 0.15) is 11.3 Å². The molecule has 0 atom stereocenters. The molecule has 0 spiro atoms. The van der Waals surface area contributed by atoms with Crippen molar-refractivity contribution in [3.8, 4) is 34.5 Å². The summed E-state index contributed by atoms with van der Waals surface area (Å²) in [6, 6.07) is 5.32. The number of para-hydroxylation sites is 1. The van der Waals surface area contributed by atoms with E-state index in [9.17, 15) is 35.4 Å². The minimum Gasteiger partial charge on any atom is -0.507 e. The van der Waals surface area contributed by atoms with Crippen LogP contribution in [0.15, 0.2) is 24.3 Å². The van der Waals surface area contributed by atoms with Crippen molar-refractivity contribution >= 4 is 32.0 Å². The van der Waals surface area contributed by atoms with E-state index in [2.05, 4.69) is 0 Å². The fourth-order valence-corrected chi connectivity index (χ4v) is 1.70. The fraction of sp³-hybridized carbons (Fsp3) is 0. The van der Waals surface area contributed by atoms with E-state index in [1.165, 1.54) is 24.3 Å². The number of phenolic OH excluding ortho intramolecular Hbond substituents is 6. The largest absolute Gasteiger partial charge is 0.507 e. The monoisotopic (exact) mass is 550 g/mol. The Balaban J connectivity index is 0.00000220. The van der Waals surface area contributed by atoms with Crippen molar-refractivity contribution in [2.75, 3.05) is 0 Å². The van der Waals surface area contributed by atoms with Gasteiger partial charge in [0, 0.05) is 43.3 Å². The van der Waals surface area contributed by atoms with Crippen LogP contribution in [0.4, 0.5) is 0 Å². The van der Waals surface area contributed by atoms with Crippen LogP contribution >= 0.6 is 0 Å². The number of ketones is 1. The smallest absolute Gasteiger partial charge is 0.208 e. The second kappa shape index (κ2) is 7.54. The summed E-state index contributed by atoms with van der Waals surface area (Å²) in [6.07, 6.45) is 0. The fourth-order valence-electron chi connectivity index (χ4n) is 1.70. The Morgan fingerprint density at radius 1 is 0.727 bits per heavy atom. The quantitative estimate of drug-likeness (QED) is 0.141. The minimum atomic E-state index is -1.16. The maximum atomic E-state index is 12.1. The Morgan fingerprint density at radius 3 is 1.59 bits per heavy atom. The topological polar surface area (TPSA) is 138 Å². The SMILES string of the molecule is O=C(c1ccccc1O)c1c(O)c(O)c(O)c(O)c1O.[Bi].[Cu]. The van der Waals surface area contributed by atoms with Gasteiger partial charge in [-0.15, -0.1) is 0 Å². The molecule has 120 valence electrons. The number of benzene rings is 2. The number of hydrogen-bond donors (Lipinski definition) is 6. The Kier molecular flexibility index (Phi) is 6.96. The minimum absolute atomic E-state index is 0. The molecular weight excluding hydrogens is 541 g/mol. The van der Waals surface area contributed by atoms with Gasteiger partial charge in [0.2, 0.25) is 23.0 Å². The molecule has 4 radical (unpaired) electrons. The van der Waals surface area contributed by atoms with Gasteiger partial charge < -0.3 is 30.6 Å². The Bertz CT molecular complexity index is 689. The summed E-state index contributed by atoms with van der Waals surface area (Å²) in [4.78, 5) is 12.1. The molecule has 0 saturated carbocycles. The number of hydrogen-bond acceptors (Lipinski definition) is 7. The summed E-state index contributed by atoms with van der Waals surface area (Å²) in [5.74, 6) is -7.13. The van der Waals surface area contributed by atoms with Crippen molar-refractivity contribution < 1.29 is 52.5 Å². The van der Waals surface area contributed by atoms with Gasteiger partial charge in [0.05, 0.1) is 5.56 Å². The van der Waals surface area contributed by atoms with Gasteiger partial charge in [-0.25, -0.2) is 0 Å². The molecule has 0 aromatic heterocycles. The van der Waals surface area contributed by atoms with E-state index in [0.717, 1.165) is 0 Å². The molecule has 0 fully saturated rings. The van der Waals surface area contributed by atoms with Crippen LogP contribution in [0, 0.1) is 0 Å². The molecule has 9 heteroatoms. The average Bonchev–Trinajstić information content (AvgIpc) is 2.43. The Hall–Kier alpha value is -1.69. The van der Waals surface area contributed by atoms with Gasteiger partial charge in [-0.2, -0.15) is 0 Å². The second-order valence-corrected chi connectivity index (χ2v) is 3.96. The summed E-state index contributed by atoms with van der Waals surface area (Å²) < 4.78 is 0. The van der Waals surface area contributed by atoms with Crippen molar-refractivity contribution in [1.29, 1.82) is 0 Å². The first-order valence-electron chi connectivity index (χ1n) is 5.37. The van der Waals surface area contributed by atoms with Crippen LogP contribution in [0.25, 0.3) is 0 Å². The zero-order chi connectivity index (χ0) is 15.0. The summed E-state index contributed by atoms with van der Waals surface area (Å²) in [5.41, 5.74) is -1.10. The van der Waals surface area contributed by atoms with Gasteiger partial charge >= 0.3 is 0 Å². The van der Waals surface area contributed by atoms with E-state index in [1.807, 2.05) is 0 Å². The Labute approximate surface area is 154 Å². The van der Waals surface area contributed by atoms with Crippen LogP contribution in [0.1, 0.15) is 15.9 Å². The Morgan fingerprint density at radius 2 is 1.14 bits per heavy atom. The van der Waals surface area contributed by atoms with Gasteiger partial charge in [-0.1, -0.05) is 12.1 Å². The standard InChI is InChI=1S/C13H10O7.Bi.Cu/c14-6-4-2-1-3-5(6)8(15)7-9(16)11(18)13(20)12(19)10(7)17;;/h1-4,14,16-20H;;. The van der Waals surface area contributed by atoms with Crippen LogP contribution in [-0.4, -0.2) is 62.6 Å². The van der Waals surface area contributed by atoms with E-state index in [0.29, 0.717) is 0 Å². The molecule has 2 aromatic carbocycles. The van der Waals surface area contributed by atoms with E-state index in [4.69, 9.17) is 0 Å². The maximum Gasteiger partial charge on any atom is 0.208 e. The van der Waals surface area contributed by atoms with Crippen LogP contribution in [0.3, 0.4) is 0 Å². The first-order chi connectivity index (χ1) is 9.36. The van der Waals surface area contributed by atoms with E-state index in [1.54, 1.807) is 0 Å². The van der Waals surface area contributed by atoms with Gasteiger partial charge in [-0.05, 0) is 12.1 Å². The first kappa shape index (κ1) is 20.3. The summed E-state index contributed by atoms with van der Waals surface area (Å²) >= 11 is 0. The third kappa shape index (κ3) is 3.22. The molecule has 2 rings (SSSR count). The van der Waals surface area contributed by atoms with E-state index in [-0.39, 0.29) is 48.8 Å². The van der Waals surface area contributed by atoms with Gasteiger partial charge in [0.25, 0.3) is 0 Å². The molecule has 0 heterocycles. The number of carbonyl (C=O) groups excluding carboxylic acids is 1. The van der Waals surface area contributed by atoms with Crippen LogP contribution in [0.2, 0.25) is 0 Å². The van der Waals surface area contributed by atoms with Crippen molar-refractivity contribution in [1.82, 2.24) is 0 Å². The van der Waals surface area contributed by atoms with Crippen molar-refractivity contribution in [3.05, 3.63) is 35.4 Å². The molecule has 2 aromatic rings. The molecule has 0 amide bonds. The molecule has 7 nitrogen and oxygen atoms in total. The maximum absolute atomic E-state index is 12.1. The first-order valence-corrected chi connectivity index (χ1v) is 5.37. The summed E-state index contributed by atoms with van der Waals surface area (Å²) in [6.45, 7) is 0.